The fourth-order valence-corrected chi connectivity index (χ4v) is 5.05. The normalized spacial score (nSPS) is 41.1. The van der Waals surface area contributed by atoms with E-state index in [1.165, 1.54) is 32.1 Å². The lowest BCUT2D eigenvalue weighted by atomic mass is 9.50. The molecular formula is C16H24N2O. The molecule has 0 aromatic heterocycles. The quantitative estimate of drug-likeness (QED) is 0.848. The second kappa shape index (κ2) is 4.81. The highest BCUT2D eigenvalue weighted by molar-refractivity contribution is 5.78. The summed E-state index contributed by atoms with van der Waals surface area (Å²) >= 11 is 0. The number of amides is 1. The molecule has 19 heavy (non-hydrogen) atoms. The number of carbonyl (C=O) groups excluding carboxylic acids is 1. The van der Waals surface area contributed by atoms with Gasteiger partial charge >= 0.3 is 0 Å². The lowest BCUT2D eigenvalue weighted by molar-refractivity contribution is -0.126. The number of hydrogen-bond acceptors (Lipinski definition) is 2. The van der Waals surface area contributed by atoms with E-state index in [0.717, 1.165) is 11.8 Å². The SMILES string of the molecule is CC(C)C(=O)NC(C#N)C1C2CC3CC(C2)CC1C3. The van der Waals surface area contributed by atoms with Crippen LogP contribution in [-0.4, -0.2) is 11.9 Å². The smallest absolute Gasteiger partial charge is 0.223 e. The third-order valence-electron chi connectivity index (χ3n) is 5.65. The second-order valence-corrected chi connectivity index (χ2v) is 7.28. The van der Waals surface area contributed by atoms with Gasteiger partial charge in [-0.1, -0.05) is 13.8 Å². The zero-order valence-corrected chi connectivity index (χ0v) is 11.9. The average Bonchev–Trinajstić information content (AvgIpc) is 2.35. The minimum absolute atomic E-state index is 0.0281. The first-order valence-electron chi connectivity index (χ1n) is 7.78. The summed E-state index contributed by atoms with van der Waals surface area (Å²) in [6, 6.07) is 2.12. The van der Waals surface area contributed by atoms with Gasteiger partial charge in [-0.3, -0.25) is 4.79 Å². The maximum atomic E-state index is 11.9. The number of hydrogen-bond donors (Lipinski definition) is 1. The molecule has 1 amide bonds. The molecule has 3 heteroatoms. The van der Waals surface area contributed by atoms with Crippen LogP contribution in [0.3, 0.4) is 0 Å². The Labute approximate surface area is 115 Å². The van der Waals surface area contributed by atoms with Gasteiger partial charge < -0.3 is 5.32 Å². The Kier molecular flexibility index (Phi) is 3.28. The minimum atomic E-state index is -0.259. The van der Waals surface area contributed by atoms with E-state index in [-0.39, 0.29) is 17.9 Å². The predicted molar refractivity (Wildman–Crippen MR) is 72.9 cm³/mol. The molecule has 0 heterocycles. The number of nitriles is 1. The topological polar surface area (TPSA) is 52.9 Å². The van der Waals surface area contributed by atoms with Crippen molar-refractivity contribution >= 4 is 5.91 Å². The fraction of sp³-hybridized carbons (Fsp3) is 0.875. The summed E-state index contributed by atoms with van der Waals surface area (Å²) in [5.74, 6) is 3.62. The van der Waals surface area contributed by atoms with Crippen LogP contribution in [0.2, 0.25) is 0 Å². The summed E-state index contributed by atoms with van der Waals surface area (Å²) in [6.45, 7) is 3.78. The van der Waals surface area contributed by atoms with Crippen LogP contribution in [0.1, 0.15) is 46.0 Å². The molecule has 1 N–H and O–H groups in total. The molecule has 4 saturated carbocycles. The number of carbonyl (C=O) groups is 1. The van der Waals surface area contributed by atoms with Crippen molar-refractivity contribution in [3.05, 3.63) is 0 Å². The lowest BCUT2D eigenvalue weighted by Gasteiger charge is -2.55. The van der Waals surface area contributed by atoms with Crippen LogP contribution in [0, 0.1) is 46.8 Å². The van der Waals surface area contributed by atoms with E-state index >= 15 is 0 Å². The average molecular weight is 260 g/mol. The number of nitrogens with zero attached hydrogens (tertiary/aromatic N) is 1. The van der Waals surface area contributed by atoms with Crippen LogP contribution in [0.25, 0.3) is 0 Å². The van der Waals surface area contributed by atoms with Gasteiger partial charge in [-0.15, -0.1) is 0 Å². The zero-order chi connectivity index (χ0) is 13.6. The van der Waals surface area contributed by atoms with Gasteiger partial charge in [0, 0.05) is 5.92 Å². The molecule has 1 unspecified atom stereocenters. The molecule has 0 aromatic carbocycles. The summed E-state index contributed by atoms with van der Waals surface area (Å²) in [7, 11) is 0. The van der Waals surface area contributed by atoms with Gasteiger partial charge in [0.2, 0.25) is 5.91 Å². The molecule has 0 aliphatic heterocycles. The zero-order valence-electron chi connectivity index (χ0n) is 11.9. The molecule has 0 spiro atoms. The molecule has 4 fully saturated rings. The maximum absolute atomic E-state index is 11.9. The molecule has 3 nitrogen and oxygen atoms in total. The Morgan fingerprint density at radius 2 is 1.63 bits per heavy atom. The van der Waals surface area contributed by atoms with Crippen molar-refractivity contribution in [2.75, 3.05) is 0 Å². The van der Waals surface area contributed by atoms with Crippen molar-refractivity contribution < 1.29 is 4.79 Å². The molecule has 4 aliphatic rings. The third kappa shape index (κ3) is 2.26. The van der Waals surface area contributed by atoms with E-state index in [4.69, 9.17) is 0 Å². The van der Waals surface area contributed by atoms with Gasteiger partial charge in [0.15, 0.2) is 0 Å². The lowest BCUT2D eigenvalue weighted by Crippen LogP contribution is -2.54. The molecule has 4 rings (SSSR count). The molecular weight excluding hydrogens is 236 g/mol. The second-order valence-electron chi connectivity index (χ2n) is 7.28. The highest BCUT2D eigenvalue weighted by Gasteiger charge is 2.50. The first-order chi connectivity index (χ1) is 9.08. The van der Waals surface area contributed by atoms with Crippen LogP contribution in [0.4, 0.5) is 0 Å². The molecule has 1 atom stereocenters. The highest BCUT2D eigenvalue weighted by Crippen LogP contribution is 2.57. The van der Waals surface area contributed by atoms with Gasteiger partial charge in [-0.25, -0.2) is 0 Å². The van der Waals surface area contributed by atoms with E-state index in [1.807, 2.05) is 13.8 Å². The summed E-state index contributed by atoms with van der Waals surface area (Å²) in [4.78, 5) is 11.9. The Balaban J connectivity index is 1.73. The van der Waals surface area contributed by atoms with Crippen molar-refractivity contribution in [1.82, 2.24) is 5.32 Å². The molecule has 4 bridgehead atoms. The Bertz CT molecular complexity index is 381. The monoisotopic (exact) mass is 260 g/mol. The van der Waals surface area contributed by atoms with Crippen molar-refractivity contribution in [1.29, 1.82) is 5.26 Å². The van der Waals surface area contributed by atoms with Crippen molar-refractivity contribution in [2.45, 2.75) is 52.0 Å². The van der Waals surface area contributed by atoms with Crippen molar-refractivity contribution in [2.24, 2.45) is 35.5 Å². The van der Waals surface area contributed by atoms with Crippen molar-refractivity contribution in [3.8, 4) is 6.07 Å². The van der Waals surface area contributed by atoms with E-state index < -0.39 is 0 Å². The maximum Gasteiger partial charge on any atom is 0.223 e. The summed E-state index contributed by atoms with van der Waals surface area (Å²) in [6.07, 6.45) is 6.62. The first-order valence-corrected chi connectivity index (χ1v) is 7.78. The van der Waals surface area contributed by atoms with Gasteiger partial charge in [0.25, 0.3) is 0 Å². The molecule has 0 aromatic rings. The largest absolute Gasteiger partial charge is 0.340 e. The van der Waals surface area contributed by atoms with Crippen LogP contribution in [-0.2, 0) is 4.79 Å². The molecule has 0 saturated heterocycles. The van der Waals surface area contributed by atoms with Crippen LogP contribution in [0.15, 0.2) is 0 Å². The molecule has 104 valence electrons. The number of nitrogens with one attached hydrogen (secondary N) is 1. The summed E-state index contributed by atoms with van der Waals surface area (Å²) < 4.78 is 0. The summed E-state index contributed by atoms with van der Waals surface area (Å²) in [5.41, 5.74) is 0. The van der Waals surface area contributed by atoms with E-state index in [1.54, 1.807) is 0 Å². The van der Waals surface area contributed by atoms with Crippen LogP contribution >= 0.6 is 0 Å². The van der Waals surface area contributed by atoms with Crippen molar-refractivity contribution in [3.63, 3.8) is 0 Å². The Morgan fingerprint density at radius 3 is 2.05 bits per heavy atom. The van der Waals surface area contributed by atoms with Gasteiger partial charge in [-0.05, 0) is 61.7 Å². The number of rotatable bonds is 3. The first kappa shape index (κ1) is 13.0. The Morgan fingerprint density at radius 1 is 1.11 bits per heavy atom. The van der Waals surface area contributed by atoms with Crippen LogP contribution in [0.5, 0.6) is 0 Å². The molecule has 4 aliphatic carbocycles. The Hall–Kier alpha value is -1.04. The van der Waals surface area contributed by atoms with Gasteiger partial charge in [0.05, 0.1) is 6.07 Å². The highest BCUT2D eigenvalue weighted by atomic mass is 16.1. The van der Waals surface area contributed by atoms with E-state index in [0.29, 0.717) is 17.8 Å². The van der Waals surface area contributed by atoms with E-state index in [2.05, 4.69) is 11.4 Å². The van der Waals surface area contributed by atoms with Gasteiger partial charge in [0.1, 0.15) is 6.04 Å². The van der Waals surface area contributed by atoms with Crippen LogP contribution < -0.4 is 5.32 Å². The standard InChI is InChI=1S/C16H24N2O/c1-9(2)16(19)18-14(8-17)15-12-4-10-3-11(6-12)7-13(15)5-10/h9-15H,3-7H2,1-2H3,(H,18,19). The third-order valence-corrected chi connectivity index (χ3v) is 5.65. The summed E-state index contributed by atoms with van der Waals surface area (Å²) in [5, 5.41) is 12.5. The van der Waals surface area contributed by atoms with Gasteiger partial charge in [-0.2, -0.15) is 5.26 Å². The molecule has 0 radical (unpaired) electrons. The fourth-order valence-electron chi connectivity index (χ4n) is 5.05. The predicted octanol–water partition coefficient (Wildman–Crippen LogP) is 2.72. The minimum Gasteiger partial charge on any atom is -0.340 e. The van der Waals surface area contributed by atoms with E-state index in [9.17, 15) is 10.1 Å².